The summed E-state index contributed by atoms with van der Waals surface area (Å²) in [6, 6.07) is 16.2. The van der Waals surface area contributed by atoms with Crippen LogP contribution in [0.3, 0.4) is 0 Å². The summed E-state index contributed by atoms with van der Waals surface area (Å²) in [4.78, 5) is 12.0. The van der Waals surface area contributed by atoms with E-state index in [0.717, 1.165) is 20.7 Å². The molecule has 0 aliphatic heterocycles. The van der Waals surface area contributed by atoms with Gasteiger partial charge in [0.05, 0.1) is 5.75 Å². The van der Waals surface area contributed by atoms with Crippen LogP contribution >= 0.6 is 23.1 Å². The van der Waals surface area contributed by atoms with Crippen molar-refractivity contribution < 1.29 is 4.79 Å². The highest BCUT2D eigenvalue weighted by atomic mass is 32.2. The number of carbonyl (C=O) groups excluding carboxylic acids is 1. The second kappa shape index (κ2) is 8.82. The molecule has 0 aliphatic rings. The molecule has 134 valence electrons. The Morgan fingerprint density at radius 2 is 1.65 bits per heavy atom. The summed E-state index contributed by atoms with van der Waals surface area (Å²) in [5, 5.41) is 15.1. The zero-order valence-electron chi connectivity index (χ0n) is 14.7. The van der Waals surface area contributed by atoms with E-state index in [2.05, 4.69) is 20.8 Å². The van der Waals surface area contributed by atoms with Gasteiger partial charge in [0.15, 0.2) is 4.34 Å². The lowest BCUT2D eigenvalue weighted by Crippen LogP contribution is -2.24. The molecule has 0 spiro atoms. The van der Waals surface area contributed by atoms with Crippen LogP contribution in [-0.2, 0) is 11.3 Å². The zero-order valence-corrected chi connectivity index (χ0v) is 16.3. The van der Waals surface area contributed by atoms with Crippen LogP contribution in [-0.4, -0.2) is 21.9 Å². The predicted octanol–water partition coefficient (Wildman–Crippen LogP) is 4.31. The Morgan fingerprint density at radius 3 is 2.35 bits per heavy atom. The van der Waals surface area contributed by atoms with Crippen molar-refractivity contribution in [1.29, 1.82) is 0 Å². The number of aryl methyl sites for hydroxylation is 2. The Bertz CT molecular complexity index is 860. The molecule has 3 rings (SSSR count). The van der Waals surface area contributed by atoms with Gasteiger partial charge in [-0.2, -0.15) is 0 Å². The summed E-state index contributed by atoms with van der Waals surface area (Å²) < 4.78 is 0.769. The highest BCUT2D eigenvalue weighted by molar-refractivity contribution is 8.01. The standard InChI is InChI=1S/C19H20N4OS2/c1-13-3-7-15(8-4-13)11-20-17(24)12-25-19-23-22-18(26-19)21-16-9-5-14(2)6-10-16/h3-10H,11-12H2,1-2H3,(H,20,24)(H,21,22). The summed E-state index contributed by atoms with van der Waals surface area (Å²) in [6.45, 7) is 4.63. The van der Waals surface area contributed by atoms with Crippen LogP contribution in [0.15, 0.2) is 52.9 Å². The van der Waals surface area contributed by atoms with Crippen molar-refractivity contribution in [2.75, 3.05) is 11.1 Å². The maximum atomic E-state index is 12.0. The minimum absolute atomic E-state index is 0.0150. The summed E-state index contributed by atoms with van der Waals surface area (Å²) in [5.74, 6) is 0.309. The Balaban J connectivity index is 1.44. The third kappa shape index (κ3) is 5.57. The van der Waals surface area contributed by atoms with Crippen LogP contribution in [0, 0.1) is 13.8 Å². The minimum atomic E-state index is -0.0150. The lowest BCUT2D eigenvalue weighted by Gasteiger charge is -2.04. The summed E-state index contributed by atoms with van der Waals surface area (Å²) >= 11 is 2.83. The quantitative estimate of drug-likeness (QED) is 0.594. The number of nitrogens with zero attached hydrogens (tertiary/aromatic N) is 2. The van der Waals surface area contributed by atoms with Gasteiger partial charge in [-0.15, -0.1) is 10.2 Å². The summed E-state index contributed by atoms with van der Waals surface area (Å²) in [5.41, 5.74) is 4.48. The molecule has 1 amide bonds. The van der Waals surface area contributed by atoms with Gasteiger partial charge in [-0.25, -0.2) is 0 Å². The topological polar surface area (TPSA) is 66.9 Å². The van der Waals surface area contributed by atoms with E-state index in [0.29, 0.717) is 12.3 Å². The van der Waals surface area contributed by atoms with Crippen molar-refractivity contribution in [1.82, 2.24) is 15.5 Å². The predicted molar refractivity (Wildman–Crippen MR) is 108 cm³/mol. The molecule has 3 aromatic rings. The summed E-state index contributed by atoms with van der Waals surface area (Å²) in [6.07, 6.45) is 0. The van der Waals surface area contributed by atoms with E-state index in [1.165, 1.54) is 34.2 Å². The van der Waals surface area contributed by atoms with Gasteiger partial charge in [-0.3, -0.25) is 4.79 Å². The molecule has 0 atom stereocenters. The molecule has 0 fully saturated rings. The van der Waals surface area contributed by atoms with Crippen molar-refractivity contribution in [3.05, 3.63) is 65.2 Å². The molecule has 0 unspecified atom stereocenters. The van der Waals surface area contributed by atoms with Gasteiger partial charge < -0.3 is 10.6 Å². The molecule has 2 aromatic carbocycles. The van der Waals surface area contributed by atoms with E-state index in [4.69, 9.17) is 0 Å². The second-order valence-corrected chi connectivity index (χ2v) is 8.12. The van der Waals surface area contributed by atoms with E-state index in [1.807, 2.05) is 62.4 Å². The third-order valence-electron chi connectivity index (χ3n) is 3.65. The first kappa shape index (κ1) is 18.4. The van der Waals surface area contributed by atoms with E-state index in [9.17, 15) is 4.79 Å². The smallest absolute Gasteiger partial charge is 0.230 e. The number of hydrogen-bond donors (Lipinski definition) is 2. The first-order valence-corrected chi connectivity index (χ1v) is 10.0. The Labute approximate surface area is 161 Å². The number of benzene rings is 2. The van der Waals surface area contributed by atoms with Crippen LogP contribution < -0.4 is 10.6 Å². The van der Waals surface area contributed by atoms with Crippen LogP contribution in [0.2, 0.25) is 0 Å². The molecule has 2 N–H and O–H groups in total. The Hall–Kier alpha value is -2.38. The van der Waals surface area contributed by atoms with Gasteiger partial charge in [0.2, 0.25) is 11.0 Å². The van der Waals surface area contributed by atoms with Crippen LogP contribution in [0.1, 0.15) is 16.7 Å². The first-order valence-electron chi connectivity index (χ1n) is 8.21. The second-order valence-electron chi connectivity index (χ2n) is 5.92. The molecule has 26 heavy (non-hydrogen) atoms. The molecule has 5 nitrogen and oxygen atoms in total. The fourth-order valence-corrected chi connectivity index (χ4v) is 3.77. The van der Waals surface area contributed by atoms with Gasteiger partial charge in [0.25, 0.3) is 0 Å². The number of rotatable bonds is 7. The minimum Gasteiger partial charge on any atom is -0.351 e. The van der Waals surface area contributed by atoms with Crippen molar-refractivity contribution in [2.45, 2.75) is 24.7 Å². The average Bonchev–Trinajstić information content (AvgIpc) is 3.09. The number of nitrogens with one attached hydrogen (secondary N) is 2. The lowest BCUT2D eigenvalue weighted by atomic mass is 10.1. The van der Waals surface area contributed by atoms with E-state index < -0.39 is 0 Å². The number of amides is 1. The molecule has 1 heterocycles. The number of anilines is 2. The van der Waals surface area contributed by atoms with Gasteiger partial charge in [-0.05, 0) is 31.5 Å². The fraction of sp³-hybridized carbons (Fsp3) is 0.211. The van der Waals surface area contributed by atoms with E-state index in [-0.39, 0.29) is 5.91 Å². The van der Waals surface area contributed by atoms with E-state index in [1.54, 1.807) is 0 Å². The highest BCUT2D eigenvalue weighted by Gasteiger charge is 2.08. The van der Waals surface area contributed by atoms with Crippen molar-refractivity contribution in [3.63, 3.8) is 0 Å². The molecule has 0 saturated carbocycles. The number of carbonyl (C=O) groups is 1. The Kier molecular flexibility index (Phi) is 6.25. The third-order valence-corrected chi connectivity index (χ3v) is 5.62. The Morgan fingerprint density at radius 1 is 1.00 bits per heavy atom. The van der Waals surface area contributed by atoms with Crippen molar-refractivity contribution in [3.8, 4) is 0 Å². The van der Waals surface area contributed by atoms with Gasteiger partial charge >= 0.3 is 0 Å². The maximum absolute atomic E-state index is 12.0. The molecular weight excluding hydrogens is 364 g/mol. The number of aromatic nitrogens is 2. The van der Waals surface area contributed by atoms with Crippen LogP contribution in [0.25, 0.3) is 0 Å². The normalized spacial score (nSPS) is 10.5. The SMILES string of the molecule is Cc1ccc(CNC(=O)CSc2nnc(Nc3ccc(C)cc3)s2)cc1. The van der Waals surface area contributed by atoms with Gasteiger partial charge in [-0.1, -0.05) is 70.6 Å². The number of thioether (sulfide) groups is 1. The van der Waals surface area contributed by atoms with E-state index >= 15 is 0 Å². The maximum Gasteiger partial charge on any atom is 0.230 e. The lowest BCUT2D eigenvalue weighted by molar-refractivity contribution is -0.118. The van der Waals surface area contributed by atoms with Crippen LogP contribution in [0.5, 0.6) is 0 Å². The number of hydrogen-bond acceptors (Lipinski definition) is 6. The molecule has 0 aliphatic carbocycles. The molecular formula is C19H20N4OS2. The molecule has 1 aromatic heterocycles. The highest BCUT2D eigenvalue weighted by Crippen LogP contribution is 2.27. The first-order chi connectivity index (χ1) is 12.6. The summed E-state index contributed by atoms with van der Waals surface area (Å²) in [7, 11) is 0. The largest absolute Gasteiger partial charge is 0.351 e. The van der Waals surface area contributed by atoms with Crippen LogP contribution in [0.4, 0.5) is 10.8 Å². The van der Waals surface area contributed by atoms with Gasteiger partial charge in [0.1, 0.15) is 0 Å². The molecule has 0 saturated heterocycles. The van der Waals surface area contributed by atoms with Gasteiger partial charge in [0, 0.05) is 12.2 Å². The molecule has 7 heteroatoms. The molecule has 0 radical (unpaired) electrons. The fourth-order valence-electron chi connectivity index (χ4n) is 2.16. The average molecular weight is 385 g/mol. The van der Waals surface area contributed by atoms with Crippen molar-refractivity contribution >= 4 is 39.8 Å². The zero-order chi connectivity index (χ0) is 18.4. The monoisotopic (exact) mass is 384 g/mol. The van der Waals surface area contributed by atoms with Crippen molar-refractivity contribution in [2.24, 2.45) is 0 Å². The molecule has 0 bridgehead atoms.